The fourth-order valence-electron chi connectivity index (χ4n) is 1.63. The summed E-state index contributed by atoms with van der Waals surface area (Å²) in [6.45, 7) is 6.55. The molecule has 0 radical (unpaired) electrons. The number of nitrogens with two attached hydrogens (primary N) is 1. The molecule has 1 rings (SSSR count). The number of carbonyl (C=O) groups excluding carboxylic acids is 1. The number of halogens is 2. The van der Waals surface area contributed by atoms with Crippen LogP contribution < -0.4 is 11.1 Å². The molecular formula is C14H22BrClN2O. The van der Waals surface area contributed by atoms with Gasteiger partial charge in [0.15, 0.2) is 0 Å². The minimum Gasteiger partial charge on any atom is -0.349 e. The molecule has 0 aliphatic heterocycles. The van der Waals surface area contributed by atoms with Gasteiger partial charge in [-0.2, -0.15) is 0 Å². The highest BCUT2D eigenvalue weighted by atomic mass is 79.9. The number of nitrogens with one attached hydrogen (secondary N) is 1. The van der Waals surface area contributed by atoms with Crippen molar-refractivity contribution in [2.75, 3.05) is 6.54 Å². The van der Waals surface area contributed by atoms with Gasteiger partial charge in [-0.15, -0.1) is 12.4 Å². The van der Waals surface area contributed by atoms with E-state index >= 15 is 0 Å². The number of amides is 1. The van der Waals surface area contributed by atoms with E-state index in [0.29, 0.717) is 18.9 Å². The molecule has 0 fully saturated rings. The molecule has 1 amide bonds. The molecule has 0 heterocycles. The van der Waals surface area contributed by atoms with Crippen LogP contribution in [0.25, 0.3) is 0 Å². The largest absolute Gasteiger partial charge is 0.349 e. The first kappa shape index (κ1) is 18.4. The van der Waals surface area contributed by atoms with Gasteiger partial charge >= 0.3 is 0 Å². The Labute approximate surface area is 129 Å². The van der Waals surface area contributed by atoms with Crippen LogP contribution in [0, 0.1) is 5.92 Å². The van der Waals surface area contributed by atoms with Crippen molar-refractivity contribution < 1.29 is 4.79 Å². The predicted octanol–water partition coefficient (Wildman–Crippen LogP) is 2.90. The standard InChI is InChI=1S/C14H21BrN2O.ClH/c1-10(2)14(3,9-16)17-13(18)8-11-5-4-6-12(15)7-11;/h4-7,10H,8-9,16H2,1-3H3,(H,17,18);1H. The van der Waals surface area contributed by atoms with Crippen molar-refractivity contribution >= 4 is 34.2 Å². The van der Waals surface area contributed by atoms with Crippen molar-refractivity contribution in [3.63, 3.8) is 0 Å². The SMILES string of the molecule is CC(C)C(C)(CN)NC(=O)Cc1cccc(Br)c1.Cl. The van der Waals surface area contributed by atoms with Crippen LogP contribution in [-0.4, -0.2) is 18.0 Å². The van der Waals surface area contributed by atoms with E-state index in [1.165, 1.54) is 0 Å². The van der Waals surface area contributed by atoms with Crippen LogP contribution in [0.4, 0.5) is 0 Å². The summed E-state index contributed by atoms with van der Waals surface area (Å²) in [5.74, 6) is 0.309. The molecule has 1 aromatic carbocycles. The highest BCUT2D eigenvalue weighted by Crippen LogP contribution is 2.16. The van der Waals surface area contributed by atoms with Gasteiger partial charge in [-0.05, 0) is 30.5 Å². The molecular weight excluding hydrogens is 328 g/mol. The number of rotatable bonds is 5. The van der Waals surface area contributed by atoms with Gasteiger partial charge in [-0.25, -0.2) is 0 Å². The quantitative estimate of drug-likeness (QED) is 0.859. The summed E-state index contributed by atoms with van der Waals surface area (Å²) in [7, 11) is 0. The van der Waals surface area contributed by atoms with E-state index in [1.807, 2.05) is 31.2 Å². The summed E-state index contributed by atoms with van der Waals surface area (Å²) < 4.78 is 0.984. The summed E-state index contributed by atoms with van der Waals surface area (Å²) in [5, 5.41) is 3.03. The Bertz CT molecular complexity index is 426. The summed E-state index contributed by atoms with van der Waals surface area (Å²) in [4.78, 5) is 12.0. The lowest BCUT2D eigenvalue weighted by atomic mass is 9.88. The molecule has 1 aromatic rings. The van der Waals surface area contributed by atoms with Crippen molar-refractivity contribution in [3.8, 4) is 0 Å². The Morgan fingerprint density at radius 1 is 1.47 bits per heavy atom. The Kier molecular flexibility index (Phi) is 7.64. The van der Waals surface area contributed by atoms with Gasteiger partial charge in [0.1, 0.15) is 0 Å². The average molecular weight is 350 g/mol. The maximum absolute atomic E-state index is 12.0. The Morgan fingerprint density at radius 3 is 2.58 bits per heavy atom. The lowest BCUT2D eigenvalue weighted by Crippen LogP contribution is -2.55. The van der Waals surface area contributed by atoms with Gasteiger partial charge in [-0.1, -0.05) is 41.9 Å². The van der Waals surface area contributed by atoms with Crippen LogP contribution in [0.2, 0.25) is 0 Å². The van der Waals surface area contributed by atoms with Gasteiger partial charge < -0.3 is 11.1 Å². The first-order chi connectivity index (χ1) is 8.37. The minimum absolute atomic E-state index is 0. The van der Waals surface area contributed by atoms with Gasteiger partial charge in [0.25, 0.3) is 0 Å². The molecule has 0 saturated heterocycles. The number of hydrogen-bond acceptors (Lipinski definition) is 2. The topological polar surface area (TPSA) is 55.1 Å². The molecule has 0 spiro atoms. The zero-order valence-corrected chi connectivity index (χ0v) is 14.0. The van der Waals surface area contributed by atoms with Crippen LogP contribution >= 0.6 is 28.3 Å². The Hall–Kier alpha value is -0.580. The second-order valence-electron chi connectivity index (χ2n) is 5.13. The lowest BCUT2D eigenvalue weighted by Gasteiger charge is -2.33. The molecule has 1 unspecified atom stereocenters. The fourth-order valence-corrected chi connectivity index (χ4v) is 2.07. The summed E-state index contributed by atoms with van der Waals surface area (Å²) in [6, 6.07) is 7.77. The minimum atomic E-state index is -0.344. The fraction of sp³-hybridized carbons (Fsp3) is 0.500. The monoisotopic (exact) mass is 348 g/mol. The summed E-state index contributed by atoms with van der Waals surface area (Å²) in [6.07, 6.45) is 0.377. The van der Waals surface area contributed by atoms with Crippen LogP contribution in [0.5, 0.6) is 0 Å². The normalized spacial score (nSPS) is 13.6. The molecule has 3 N–H and O–H groups in total. The molecule has 0 saturated carbocycles. The smallest absolute Gasteiger partial charge is 0.224 e. The second kappa shape index (κ2) is 7.88. The van der Waals surface area contributed by atoms with Crippen LogP contribution in [0.3, 0.4) is 0 Å². The van der Waals surface area contributed by atoms with Crippen LogP contribution in [0.15, 0.2) is 28.7 Å². The molecule has 5 heteroatoms. The van der Waals surface area contributed by atoms with Gasteiger partial charge in [-0.3, -0.25) is 4.79 Å². The van der Waals surface area contributed by atoms with E-state index in [-0.39, 0.29) is 23.9 Å². The molecule has 19 heavy (non-hydrogen) atoms. The van der Waals surface area contributed by atoms with Crippen molar-refractivity contribution in [3.05, 3.63) is 34.3 Å². The zero-order chi connectivity index (χ0) is 13.8. The maximum atomic E-state index is 12.0. The van der Waals surface area contributed by atoms with E-state index in [0.717, 1.165) is 10.0 Å². The first-order valence-corrected chi connectivity index (χ1v) is 6.92. The van der Waals surface area contributed by atoms with Crippen molar-refractivity contribution in [1.82, 2.24) is 5.32 Å². The molecule has 0 bridgehead atoms. The zero-order valence-electron chi connectivity index (χ0n) is 11.6. The van der Waals surface area contributed by atoms with Gasteiger partial charge in [0.05, 0.1) is 12.0 Å². The molecule has 3 nitrogen and oxygen atoms in total. The third-order valence-corrected chi connectivity index (χ3v) is 3.87. The van der Waals surface area contributed by atoms with Gasteiger partial charge in [0.2, 0.25) is 5.91 Å². The molecule has 1 atom stereocenters. The highest BCUT2D eigenvalue weighted by molar-refractivity contribution is 9.10. The molecule has 0 aromatic heterocycles. The Morgan fingerprint density at radius 2 is 2.11 bits per heavy atom. The third-order valence-electron chi connectivity index (χ3n) is 3.38. The predicted molar refractivity (Wildman–Crippen MR) is 85.5 cm³/mol. The van der Waals surface area contributed by atoms with Crippen molar-refractivity contribution in [2.24, 2.45) is 11.7 Å². The van der Waals surface area contributed by atoms with Crippen molar-refractivity contribution in [2.45, 2.75) is 32.7 Å². The lowest BCUT2D eigenvalue weighted by molar-refractivity contribution is -0.122. The Balaban J connectivity index is 0.00000324. The van der Waals surface area contributed by atoms with E-state index < -0.39 is 0 Å². The second-order valence-corrected chi connectivity index (χ2v) is 6.05. The number of benzene rings is 1. The molecule has 108 valence electrons. The van der Waals surface area contributed by atoms with E-state index in [4.69, 9.17) is 5.73 Å². The highest BCUT2D eigenvalue weighted by Gasteiger charge is 2.28. The van der Waals surface area contributed by atoms with E-state index in [2.05, 4.69) is 35.1 Å². The number of carbonyl (C=O) groups is 1. The maximum Gasteiger partial charge on any atom is 0.224 e. The average Bonchev–Trinajstić information content (AvgIpc) is 2.28. The van der Waals surface area contributed by atoms with Crippen molar-refractivity contribution in [1.29, 1.82) is 0 Å². The van der Waals surface area contributed by atoms with Gasteiger partial charge in [0, 0.05) is 11.0 Å². The van der Waals surface area contributed by atoms with E-state index in [1.54, 1.807) is 0 Å². The third kappa shape index (κ3) is 5.51. The van der Waals surface area contributed by atoms with Crippen LogP contribution in [-0.2, 0) is 11.2 Å². The van der Waals surface area contributed by atoms with E-state index in [9.17, 15) is 4.79 Å². The van der Waals surface area contributed by atoms with Crippen LogP contribution in [0.1, 0.15) is 26.3 Å². The summed E-state index contributed by atoms with van der Waals surface area (Å²) >= 11 is 3.40. The summed E-state index contributed by atoms with van der Waals surface area (Å²) in [5.41, 5.74) is 6.40. The number of hydrogen-bond donors (Lipinski definition) is 2. The molecule has 0 aliphatic carbocycles. The molecule has 0 aliphatic rings. The first-order valence-electron chi connectivity index (χ1n) is 6.13.